The minimum Gasteiger partial charge on any atom is -0.369 e. The van der Waals surface area contributed by atoms with Crippen LogP contribution < -0.4 is 10.2 Å². The maximum Gasteiger partial charge on any atom is 0.270 e. The van der Waals surface area contributed by atoms with E-state index < -0.39 is 10.0 Å². The van der Waals surface area contributed by atoms with E-state index in [4.69, 9.17) is 0 Å². The normalized spacial score (nSPS) is 19.2. The van der Waals surface area contributed by atoms with Gasteiger partial charge in [0.15, 0.2) is 0 Å². The second kappa shape index (κ2) is 7.42. The summed E-state index contributed by atoms with van der Waals surface area (Å²) in [6.07, 6.45) is 7.35. The lowest BCUT2D eigenvalue weighted by Crippen LogP contribution is -2.48. The number of carbonyl (C=O) groups excluding carboxylic acids is 1. The first-order valence-electron chi connectivity index (χ1n) is 9.71. The topological polar surface area (TPSA) is 100 Å². The number of sulfonamides is 1. The molecular weight excluding hydrogens is 392 g/mol. The molecule has 0 spiro atoms. The predicted molar refractivity (Wildman–Crippen MR) is 109 cm³/mol. The van der Waals surface area contributed by atoms with Gasteiger partial charge in [-0.05, 0) is 31.0 Å². The first kappa shape index (κ1) is 19.8. The molecule has 2 aliphatic rings. The van der Waals surface area contributed by atoms with E-state index >= 15 is 0 Å². The van der Waals surface area contributed by atoms with Crippen LogP contribution in [-0.4, -0.2) is 71.4 Å². The van der Waals surface area contributed by atoms with Gasteiger partial charge in [-0.15, -0.1) is 0 Å². The van der Waals surface area contributed by atoms with Crippen LogP contribution in [-0.2, 0) is 23.5 Å². The highest BCUT2D eigenvalue weighted by Gasteiger charge is 2.44. The zero-order valence-electron chi connectivity index (χ0n) is 16.7. The summed E-state index contributed by atoms with van der Waals surface area (Å²) in [6.45, 7) is 2.05. The Kier molecular flexibility index (Phi) is 5.07. The summed E-state index contributed by atoms with van der Waals surface area (Å²) in [7, 11) is -1.29. The molecule has 2 aromatic rings. The summed E-state index contributed by atoms with van der Waals surface area (Å²) in [5, 5.41) is 7.55. The monoisotopic (exact) mass is 418 g/mol. The van der Waals surface area contributed by atoms with E-state index in [1.165, 1.54) is 10.6 Å². The highest BCUT2D eigenvalue weighted by atomic mass is 32.2. The maximum absolute atomic E-state index is 12.8. The summed E-state index contributed by atoms with van der Waals surface area (Å²) in [5.41, 5.74) is 1.99. The van der Waals surface area contributed by atoms with Gasteiger partial charge in [-0.1, -0.05) is 0 Å². The van der Waals surface area contributed by atoms with E-state index in [2.05, 4.69) is 20.3 Å². The average Bonchev–Trinajstić information content (AvgIpc) is 3.31. The van der Waals surface area contributed by atoms with Crippen molar-refractivity contribution in [3.8, 4) is 0 Å². The molecule has 10 heteroatoms. The third-order valence-electron chi connectivity index (χ3n) is 5.57. The standard InChI is InChI=1S/C19H26N6O3S/c1-23-8-4-15(22-23)14-19(5-6-19)21-18(26)17-13-16(3-7-20-17)24-9-11-25(12-10-24)29(2,27)28/h3-4,7-8,13H,5-6,9-12,14H2,1-2H3,(H,21,26). The van der Waals surface area contributed by atoms with Gasteiger partial charge in [0, 0.05) is 63.3 Å². The van der Waals surface area contributed by atoms with Crippen LogP contribution >= 0.6 is 0 Å². The number of aromatic nitrogens is 3. The van der Waals surface area contributed by atoms with Gasteiger partial charge in [-0.25, -0.2) is 8.42 Å². The lowest BCUT2D eigenvalue weighted by atomic mass is 10.1. The summed E-state index contributed by atoms with van der Waals surface area (Å²) < 4.78 is 26.6. The number of piperazine rings is 1. The van der Waals surface area contributed by atoms with Crippen molar-refractivity contribution in [3.05, 3.63) is 42.0 Å². The number of anilines is 1. The Morgan fingerprint density at radius 3 is 2.52 bits per heavy atom. The van der Waals surface area contributed by atoms with Crippen molar-refractivity contribution in [3.63, 3.8) is 0 Å². The second-order valence-electron chi connectivity index (χ2n) is 7.94. The number of rotatable bonds is 6. The molecule has 0 bridgehead atoms. The van der Waals surface area contributed by atoms with Crippen LogP contribution in [0.2, 0.25) is 0 Å². The van der Waals surface area contributed by atoms with Gasteiger partial charge >= 0.3 is 0 Å². The molecule has 1 N–H and O–H groups in total. The van der Waals surface area contributed by atoms with Crippen LogP contribution in [0.4, 0.5) is 5.69 Å². The average molecular weight is 419 g/mol. The lowest BCUT2D eigenvalue weighted by molar-refractivity contribution is 0.0926. The van der Waals surface area contributed by atoms with Gasteiger partial charge in [0.05, 0.1) is 11.9 Å². The molecule has 2 aromatic heterocycles. The molecule has 156 valence electrons. The third kappa shape index (κ3) is 4.59. The van der Waals surface area contributed by atoms with Gasteiger partial charge in [-0.3, -0.25) is 14.5 Å². The Labute approximate surface area is 170 Å². The molecule has 3 heterocycles. The molecule has 1 aliphatic heterocycles. The van der Waals surface area contributed by atoms with Crippen molar-refractivity contribution in [2.75, 3.05) is 37.3 Å². The van der Waals surface area contributed by atoms with Crippen molar-refractivity contribution < 1.29 is 13.2 Å². The molecule has 1 aliphatic carbocycles. The Hall–Kier alpha value is -2.46. The Bertz CT molecular complexity index is 1010. The fourth-order valence-corrected chi connectivity index (χ4v) is 4.55. The summed E-state index contributed by atoms with van der Waals surface area (Å²) in [5.74, 6) is -0.185. The Balaban J connectivity index is 1.40. The van der Waals surface area contributed by atoms with E-state index in [1.54, 1.807) is 16.9 Å². The summed E-state index contributed by atoms with van der Waals surface area (Å²) in [6, 6.07) is 5.61. The van der Waals surface area contributed by atoms with Gasteiger partial charge in [0.2, 0.25) is 10.0 Å². The van der Waals surface area contributed by atoms with Crippen LogP contribution in [0.5, 0.6) is 0 Å². The van der Waals surface area contributed by atoms with Crippen LogP contribution in [0.1, 0.15) is 29.0 Å². The number of nitrogens with one attached hydrogen (secondary N) is 1. The largest absolute Gasteiger partial charge is 0.369 e. The lowest BCUT2D eigenvalue weighted by Gasteiger charge is -2.34. The minimum atomic E-state index is -3.17. The molecule has 1 saturated carbocycles. The fraction of sp³-hybridized carbons (Fsp3) is 0.526. The van der Waals surface area contributed by atoms with Crippen LogP contribution in [0.3, 0.4) is 0 Å². The first-order chi connectivity index (χ1) is 13.7. The van der Waals surface area contributed by atoms with E-state index in [9.17, 15) is 13.2 Å². The highest BCUT2D eigenvalue weighted by Crippen LogP contribution is 2.38. The van der Waals surface area contributed by atoms with Crippen LogP contribution in [0.15, 0.2) is 30.6 Å². The van der Waals surface area contributed by atoms with E-state index in [1.807, 2.05) is 25.4 Å². The van der Waals surface area contributed by atoms with Gasteiger partial charge in [0.25, 0.3) is 5.91 Å². The second-order valence-corrected chi connectivity index (χ2v) is 9.92. The van der Waals surface area contributed by atoms with E-state index in [-0.39, 0.29) is 11.4 Å². The minimum absolute atomic E-state index is 0.185. The van der Waals surface area contributed by atoms with Crippen molar-refractivity contribution in [2.24, 2.45) is 7.05 Å². The molecule has 0 atom stereocenters. The van der Waals surface area contributed by atoms with E-state index in [0.717, 1.165) is 24.2 Å². The predicted octanol–water partition coefficient (Wildman–Crippen LogP) is 0.402. The third-order valence-corrected chi connectivity index (χ3v) is 6.87. The van der Waals surface area contributed by atoms with Crippen LogP contribution in [0, 0.1) is 0 Å². The maximum atomic E-state index is 12.8. The SMILES string of the molecule is Cn1ccc(CC2(NC(=O)c3cc(N4CCN(S(C)(=O)=O)CC4)ccn3)CC2)n1. The molecular formula is C19H26N6O3S. The van der Waals surface area contributed by atoms with Crippen LogP contribution in [0.25, 0.3) is 0 Å². The molecule has 4 rings (SSSR count). The molecule has 0 radical (unpaired) electrons. The number of carbonyl (C=O) groups is 1. The molecule has 2 fully saturated rings. The summed E-state index contributed by atoms with van der Waals surface area (Å²) in [4.78, 5) is 19.1. The van der Waals surface area contributed by atoms with E-state index in [0.29, 0.717) is 38.3 Å². The number of aryl methyl sites for hydroxylation is 1. The first-order valence-corrected chi connectivity index (χ1v) is 11.6. The number of amides is 1. The highest BCUT2D eigenvalue weighted by molar-refractivity contribution is 7.88. The van der Waals surface area contributed by atoms with Gasteiger partial charge in [-0.2, -0.15) is 9.40 Å². The molecule has 29 heavy (non-hydrogen) atoms. The molecule has 0 unspecified atom stereocenters. The number of pyridine rings is 1. The van der Waals surface area contributed by atoms with Crippen molar-refractivity contribution in [1.82, 2.24) is 24.4 Å². The fourth-order valence-electron chi connectivity index (χ4n) is 3.72. The zero-order valence-corrected chi connectivity index (χ0v) is 17.5. The van der Waals surface area contributed by atoms with Crippen molar-refractivity contribution >= 4 is 21.6 Å². The Morgan fingerprint density at radius 1 is 1.21 bits per heavy atom. The zero-order chi connectivity index (χ0) is 20.6. The molecule has 0 aromatic carbocycles. The number of hydrogen-bond acceptors (Lipinski definition) is 6. The molecule has 1 saturated heterocycles. The quantitative estimate of drug-likeness (QED) is 0.729. The number of nitrogens with zero attached hydrogens (tertiary/aromatic N) is 5. The Morgan fingerprint density at radius 2 is 1.93 bits per heavy atom. The molecule has 9 nitrogen and oxygen atoms in total. The van der Waals surface area contributed by atoms with Gasteiger partial charge < -0.3 is 10.2 Å². The van der Waals surface area contributed by atoms with Gasteiger partial charge in [0.1, 0.15) is 5.69 Å². The summed E-state index contributed by atoms with van der Waals surface area (Å²) >= 11 is 0. The number of hydrogen-bond donors (Lipinski definition) is 1. The van der Waals surface area contributed by atoms with Crippen molar-refractivity contribution in [1.29, 1.82) is 0 Å². The molecule has 1 amide bonds. The smallest absolute Gasteiger partial charge is 0.270 e. The van der Waals surface area contributed by atoms with Crippen molar-refractivity contribution in [2.45, 2.75) is 24.8 Å².